The van der Waals surface area contributed by atoms with Gasteiger partial charge in [-0.3, -0.25) is 9.98 Å². The van der Waals surface area contributed by atoms with Crippen LogP contribution in [0, 0.1) is 0 Å². The van der Waals surface area contributed by atoms with E-state index in [4.69, 9.17) is 0 Å². The third-order valence-electron chi connectivity index (χ3n) is 3.30. The maximum atomic E-state index is 4.28. The number of guanidine groups is 1. The summed E-state index contributed by atoms with van der Waals surface area (Å²) < 4.78 is 0. The number of hydrogen-bond donors (Lipinski definition) is 2. The van der Waals surface area contributed by atoms with E-state index in [0.29, 0.717) is 6.54 Å². The van der Waals surface area contributed by atoms with E-state index in [2.05, 4.69) is 49.8 Å². The Morgan fingerprint density at radius 3 is 2.36 bits per heavy atom. The number of aromatic nitrogens is 1. The molecule has 2 rings (SSSR count). The molecular formula is C17H23N5. The Morgan fingerprint density at radius 2 is 1.77 bits per heavy atom. The Bertz CT molecular complexity index is 590. The van der Waals surface area contributed by atoms with Crippen LogP contribution in [0.15, 0.2) is 53.7 Å². The molecule has 0 fully saturated rings. The zero-order valence-electron chi connectivity index (χ0n) is 13.4. The number of aliphatic imine (C=N–C) groups is 1. The van der Waals surface area contributed by atoms with Gasteiger partial charge in [-0.05, 0) is 29.8 Å². The monoisotopic (exact) mass is 297 g/mol. The Labute approximate surface area is 132 Å². The fourth-order valence-electron chi connectivity index (χ4n) is 2.00. The zero-order valence-corrected chi connectivity index (χ0v) is 13.4. The molecule has 0 saturated carbocycles. The largest absolute Gasteiger partial charge is 0.378 e. The van der Waals surface area contributed by atoms with Crippen molar-refractivity contribution in [1.29, 1.82) is 0 Å². The quantitative estimate of drug-likeness (QED) is 0.655. The molecule has 0 spiro atoms. The topological polar surface area (TPSA) is 52.6 Å². The van der Waals surface area contributed by atoms with Crippen LogP contribution in [-0.4, -0.2) is 32.1 Å². The van der Waals surface area contributed by atoms with E-state index >= 15 is 0 Å². The number of pyridine rings is 1. The molecular weight excluding hydrogens is 274 g/mol. The number of anilines is 1. The van der Waals surface area contributed by atoms with Crippen LogP contribution in [0.1, 0.15) is 11.3 Å². The van der Waals surface area contributed by atoms with Crippen molar-refractivity contribution in [2.45, 2.75) is 13.1 Å². The smallest absolute Gasteiger partial charge is 0.191 e. The Morgan fingerprint density at radius 1 is 1.05 bits per heavy atom. The highest BCUT2D eigenvalue weighted by Crippen LogP contribution is 2.11. The SMILES string of the molecule is CN=C(NCc1ccc(N(C)C)cc1)NCc1ccccn1. The van der Waals surface area contributed by atoms with Gasteiger partial charge < -0.3 is 15.5 Å². The van der Waals surface area contributed by atoms with E-state index < -0.39 is 0 Å². The van der Waals surface area contributed by atoms with Crippen molar-refractivity contribution < 1.29 is 0 Å². The first-order valence-electron chi connectivity index (χ1n) is 7.29. The fourth-order valence-corrected chi connectivity index (χ4v) is 2.00. The van der Waals surface area contributed by atoms with Gasteiger partial charge in [-0.25, -0.2) is 0 Å². The number of benzene rings is 1. The van der Waals surface area contributed by atoms with Crippen molar-refractivity contribution in [1.82, 2.24) is 15.6 Å². The summed E-state index contributed by atoms with van der Waals surface area (Å²) in [5.74, 6) is 0.766. The third-order valence-corrected chi connectivity index (χ3v) is 3.30. The van der Waals surface area contributed by atoms with Crippen molar-refractivity contribution >= 4 is 11.6 Å². The molecule has 0 saturated heterocycles. The second kappa shape index (κ2) is 8.02. The highest BCUT2D eigenvalue weighted by molar-refractivity contribution is 5.79. The van der Waals surface area contributed by atoms with Gasteiger partial charge in [0.25, 0.3) is 0 Å². The molecule has 1 heterocycles. The summed E-state index contributed by atoms with van der Waals surface area (Å²) >= 11 is 0. The number of hydrogen-bond acceptors (Lipinski definition) is 3. The number of nitrogens with zero attached hydrogens (tertiary/aromatic N) is 3. The predicted molar refractivity (Wildman–Crippen MR) is 92.0 cm³/mol. The molecule has 22 heavy (non-hydrogen) atoms. The van der Waals surface area contributed by atoms with Crippen LogP contribution in [0.25, 0.3) is 0 Å². The summed E-state index contributed by atoms with van der Waals surface area (Å²) in [5, 5.41) is 6.56. The van der Waals surface area contributed by atoms with E-state index in [1.165, 1.54) is 11.3 Å². The van der Waals surface area contributed by atoms with Crippen molar-refractivity contribution in [2.24, 2.45) is 4.99 Å². The summed E-state index contributed by atoms with van der Waals surface area (Å²) in [5.41, 5.74) is 3.40. The lowest BCUT2D eigenvalue weighted by molar-refractivity contribution is 0.794. The second-order valence-electron chi connectivity index (χ2n) is 5.16. The molecule has 0 aliphatic heterocycles. The minimum atomic E-state index is 0.653. The van der Waals surface area contributed by atoms with E-state index in [9.17, 15) is 0 Å². The number of rotatable bonds is 5. The molecule has 2 N–H and O–H groups in total. The van der Waals surface area contributed by atoms with Gasteiger partial charge in [0.05, 0.1) is 12.2 Å². The van der Waals surface area contributed by atoms with Crippen LogP contribution in [-0.2, 0) is 13.1 Å². The van der Waals surface area contributed by atoms with Gasteiger partial charge >= 0.3 is 0 Å². The minimum absolute atomic E-state index is 0.653. The predicted octanol–water partition coefficient (Wildman–Crippen LogP) is 2.01. The zero-order chi connectivity index (χ0) is 15.8. The van der Waals surface area contributed by atoms with Crippen LogP contribution in [0.4, 0.5) is 5.69 Å². The molecule has 0 amide bonds. The lowest BCUT2D eigenvalue weighted by atomic mass is 10.2. The molecule has 0 aliphatic carbocycles. The molecule has 116 valence electrons. The van der Waals surface area contributed by atoms with Gasteiger partial charge in [-0.1, -0.05) is 18.2 Å². The third kappa shape index (κ3) is 4.77. The molecule has 0 bridgehead atoms. The van der Waals surface area contributed by atoms with Gasteiger partial charge in [0, 0.05) is 39.6 Å². The Balaban J connectivity index is 1.83. The Kier molecular flexibility index (Phi) is 5.77. The standard InChI is InChI=1S/C17H23N5/c1-18-17(21-13-15-6-4-5-11-19-15)20-12-14-7-9-16(10-8-14)22(2)3/h4-11H,12-13H2,1-3H3,(H2,18,20,21). The summed E-state index contributed by atoms with van der Waals surface area (Å²) in [6.45, 7) is 1.38. The van der Waals surface area contributed by atoms with Crippen LogP contribution in [0.3, 0.4) is 0 Å². The van der Waals surface area contributed by atoms with Gasteiger partial charge in [-0.15, -0.1) is 0 Å². The van der Waals surface area contributed by atoms with Crippen LogP contribution in [0.2, 0.25) is 0 Å². The average molecular weight is 297 g/mol. The van der Waals surface area contributed by atoms with Gasteiger partial charge in [0.2, 0.25) is 0 Å². The lowest BCUT2D eigenvalue weighted by Crippen LogP contribution is -2.36. The molecule has 5 heteroatoms. The van der Waals surface area contributed by atoms with Gasteiger partial charge in [-0.2, -0.15) is 0 Å². The van der Waals surface area contributed by atoms with Gasteiger partial charge in [0.1, 0.15) is 0 Å². The molecule has 0 aliphatic rings. The first-order chi connectivity index (χ1) is 10.7. The molecule has 2 aromatic rings. The molecule has 0 radical (unpaired) electrons. The van der Waals surface area contributed by atoms with Crippen molar-refractivity contribution in [2.75, 3.05) is 26.0 Å². The van der Waals surface area contributed by atoms with Crippen molar-refractivity contribution in [3.63, 3.8) is 0 Å². The van der Waals surface area contributed by atoms with Crippen LogP contribution >= 0.6 is 0 Å². The summed E-state index contributed by atoms with van der Waals surface area (Å²) in [6.07, 6.45) is 1.79. The Hall–Kier alpha value is -2.56. The highest BCUT2D eigenvalue weighted by Gasteiger charge is 2.00. The summed E-state index contributed by atoms with van der Waals surface area (Å²) in [4.78, 5) is 10.6. The molecule has 0 unspecified atom stereocenters. The first-order valence-corrected chi connectivity index (χ1v) is 7.29. The van der Waals surface area contributed by atoms with E-state index in [1.54, 1.807) is 13.2 Å². The van der Waals surface area contributed by atoms with E-state index in [-0.39, 0.29) is 0 Å². The highest BCUT2D eigenvalue weighted by atomic mass is 15.2. The number of nitrogens with one attached hydrogen (secondary N) is 2. The fraction of sp³-hybridized carbons (Fsp3) is 0.294. The molecule has 5 nitrogen and oxygen atoms in total. The molecule has 1 aromatic carbocycles. The lowest BCUT2D eigenvalue weighted by Gasteiger charge is -2.14. The first kappa shape index (κ1) is 15.8. The molecule has 1 aromatic heterocycles. The van der Waals surface area contributed by atoms with Crippen LogP contribution < -0.4 is 15.5 Å². The van der Waals surface area contributed by atoms with Crippen molar-refractivity contribution in [3.05, 3.63) is 59.9 Å². The second-order valence-corrected chi connectivity index (χ2v) is 5.16. The van der Waals surface area contributed by atoms with E-state index in [1.807, 2.05) is 32.3 Å². The van der Waals surface area contributed by atoms with Crippen LogP contribution in [0.5, 0.6) is 0 Å². The normalized spacial score (nSPS) is 11.1. The summed E-state index contributed by atoms with van der Waals surface area (Å²) in [7, 11) is 5.84. The minimum Gasteiger partial charge on any atom is -0.378 e. The van der Waals surface area contributed by atoms with Crippen molar-refractivity contribution in [3.8, 4) is 0 Å². The summed E-state index contributed by atoms with van der Waals surface area (Å²) in [6, 6.07) is 14.3. The average Bonchev–Trinajstić information content (AvgIpc) is 2.56. The molecule has 0 atom stereocenters. The maximum absolute atomic E-state index is 4.28. The van der Waals surface area contributed by atoms with Gasteiger partial charge in [0.15, 0.2) is 5.96 Å². The maximum Gasteiger partial charge on any atom is 0.191 e. The van der Waals surface area contributed by atoms with E-state index in [0.717, 1.165) is 18.2 Å².